The Labute approximate surface area is 190 Å². The second-order valence-electron chi connectivity index (χ2n) is 8.25. The lowest BCUT2D eigenvalue weighted by Crippen LogP contribution is -2.27. The van der Waals surface area contributed by atoms with Crippen molar-refractivity contribution in [1.29, 1.82) is 0 Å². The van der Waals surface area contributed by atoms with Crippen LogP contribution in [-0.4, -0.2) is 14.3 Å². The lowest BCUT2D eigenvalue weighted by Gasteiger charge is -2.16. The SMILES string of the molecule is CCc1ccc([C@H](C)NC(=O)c2ccc(C)c(S(=O)(=O)Nc3cc(C)cc(C)c3)c2)cc1. The number of sulfonamides is 1. The number of benzene rings is 3. The summed E-state index contributed by atoms with van der Waals surface area (Å²) < 4.78 is 28.8. The zero-order chi connectivity index (χ0) is 23.5. The standard InChI is InChI=1S/C26H30N2O3S/c1-6-21-8-11-22(12-9-21)20(5)27-26(29)23-10-7-19(4)25(16-23)32(30,31)28-24-14-17(2)13-18(3)15-24/h7-16,20,28H,6H2,1-5H3,(H,27,29)/t20-/m0/s1. The molecule has 1 atom stereocenters. The van der Waals surface area contributed by atoms with Gasteiger partial charge in [0.1, 0.15) is 0 Å². The van der Waals surface area contributed by atoms with Crippen LogP contribution in [0.15, 0.2) is 65.6 Å². The minimum absolute atomic E-state index is 0.0873. The number of aryl methyl sites for hydroxylation is 4. The number of nitrogens with one attached hydrogen (secondary N) is 2. The van der Waals surface area contributed by atoms with Gasteiger partial charge >= 0.3 is 0 Å². The van der Waals surface area contributed by atoms with E-state index in [0.717, 1.165) is 23.1 Å². The molecular weight excluding hydrogens is 420 g/mol. The van der Waals surface area contributed by atoms with Gasteiger partial charge in [-0.05, 0) is 86.2 Å². The van der Waals surface area contributed by atoms with Gasteiger partial charge in [-0.15, -0.1) is 0 Å². The second-order valence-corrected chi connectivity index (χ2v) is 9.90. The summed E-state index contributed by atoms with van der Waals surface area (Å²) in [6.07, 6.45) is 0.956. The summed E-state index contributed by atoms with van der Waals surface area (Å²) in [5.74, 6) is -0.320. The molecule has 168 valence electrons. The van der Waals surface area contributed by atoms with Crippen LogP contribution in [0.25, 0.3) is 0 Å². The second kappa shape index (κ2) is 9.57. The number of hydrogen-bond acceptors (Lipinski definition) is 3. The van der Waals surface area contributed by atoms with E-state index >= 15 is 0 Å². The molecule has 0 radical (unpaired) electrons. The highest BCUT2D eigenvalue weighted by Gasteiger charge is 2.20. The van der Waals surface area contributed by atoms with Crippen LogP contribution < -0.4 is 10.0 Å². The van der Waals surface area contributed by atoms with E-state index in [1.807, 2.05) is 51.1 Å². The third-order valence-corrected chi connectivity index (χ3v) is 6.97. The molecule has 0 aliphatic heterocycles. The van der Waals surface area contributed by atoms with Gasteiger partial charge in [-0.1, -0.05) is 43.3 Å². The topological polar surface area (TPSA) is 75.3 Å². The molecule has 0 unspecified atom stereocenters. The molecule has 3 aromatic carbocycles. The molecule has 0 aliphatic carbocycles. The van der Waals surface area contributed by atoms with Gasteiger partial charge in [0.15, 0.2) is 0 Å². The van der Waals surface area contributed by atoms with Gasteiger partial charge in [0, 0.05) is 11.3 Å². The van der Waals surface area contributed by atoms with Gasteiger partial charge < -0.3 is 5.32 Å². The predicted molar refractivity (Wildman–Crippen MR) is 130 cm³/mol. The highest BCUT2D eigenvalue weighted by molar-refractivity contribution is 7.92. The fraction of sp³-hybridized carbons (Fsp3) is 0.269. The maximum atomic E-state index is 13.1. The molecule has 0 saturated heterocycles. The van der Waals surface area contributed by atoms with E-state index in [1.165, 1.54) is 11.6 Å². The lowest BCUT2D eigenvalue weighted by atomic mass is 10.0. The Balaban J connectivity index is 1.82. The van der Waals surface area contributed by atoms with Crippen LogP contribution in [0.5, 0.6) is 0 Å². The Kier molecular flexibility index (Phi) is 7.04. The van der Waals surface area contributed by atoms with Crippen molar-refractivity contribution in [2.45, 2.75) is 52.0 Å². The summed E-state index contributed by atoms with van der Waals surface area (Å²) in [5, 5.41) is 2.96. The third-order valence-electron chi connectivity index (χ3n) is 5.45. The van der Waals surface area contributed by atoms with Crippen molar-refractivity contribution in [3.8, 4) is 0 Å². The van der Waals surface area contributed by atoms with E-state index in [9.17, 15) is 13.2 Å². The van der Waals surface area contributed by atoms with Gasteiger partial charge in [-0.2, -0.15) is 0 Å². The molecule has 0 saturated carbocycles. The van der Waals surface area contributed by atoms with E-state index < -0.39 is 10.0 Å². The first kappa shape index (κ1) is 23.5. The molecule has 0 bridgehead atoms. The first-order valence-electron chi connectivity index (χ1n) is 10.7. The van der Waals surface area contributed by atoms with Crippen molar-refractivity contribution < 1.29 is 13.2 Å². The quantitative estimate of drug-likeness (QED) is 0.501. The zero-order valence-electron chi connectivity index (χ0n) is 19.2. The van der Waals surface area contributed by atoms with E-state index in [-0.39, 0.29) is 16.8 Å². The van der Waals surface area contributed by atoms with Crippen molar-refractivity contribution in [3.05, 3.63) is 94.0 Å². The minimum atomic E-state index is -3.85. The molecule has 0 fully saturated rings. The summed E-state index contributed by atoms with van der Waals surface area (Å²) in [7, 11) is -3.85. The summed E-state index contributed by atoms with van der Waals surface area (Å²) >= 11 is 0. The van der Waals surface area contributed by atoms with Crippen LogP contribution in [-0.2, 0) is 16.4 Å². The Morgan fingerprint density at radius 3 is 2.12 bits per heavy atom. The van der Waals surface area contributed by atoms with Crippen molar-refractivity contribution in [2.24, 2.45) is 0 Å². The van der Waals surface area contributed by atoms with Gasteiger partial charge in [0.05, 0.1) is 10.9 Å². The number of hydrogen-bond donors (Lipinski definition) is 2. The van der Waals surface area contributed by atoms with E-state index in [4.69, 9.17) is 0 Å². The number of carbonyl (C=O) groups excluding carboxylic acids is 1. The number of anilines is 1. The molecule has 6 heteroatoms. The monoisotopic (exact) mass is 450 g/mol. The molecule has 0 heterocycles. The van der Waals surface area contributed by atoms with Gasteiger partial charge in [-0.25, -0.2) is 8.42 Å². The van der Waals surface area contributed by atoms with Crippen LogP contribution in [0.1, 0.15) is 58.1 Å². The average molecular weight is 451 g/mol. The molecule has 0 aromatic heterocycles. The first-order chi connectivity index (χ1) is 15.1. The zero-order valence-corrected chi connectivity index (χ0v) is 20.0. The van der Waals surface area contributed by atoms with E-state index in [2.05, 4.69) is 17.0 Å². The Hall–Kier alpha value is -3.12. The van der Waals surface area contributed by atoms with Gasteiger partial charge in [-0.3, -0.25) is 9.52 Å². The van der Waals surface area contributed by atoms with Crippen LogP contribution in [0.2, 0.25) is 0 Å². The molecule has 5 nitrogen and oxygen atoms in total. The van der Waals surface area contributed by atoms with Crippen molar-refractivity contribution in [3.63, 3.8) is 0 Å². The summed E-state index contributed by atoms with van der Waals surface area (Å²) in [6, 6.07) is 18.2. The normalized spacial score (nSPS) is 12.3. The third kappa shape index (κ3) is 5.56. The molecule has 32 heavy (non-hydrogen) atoms. The van der Waals surface area contributed by atoms with Crippen LogP contribution in [0.4, 0.5) is 5.69 Å². The Morgan fingerprint density at radius 1 is 0.906 bits per heavy atom. The maximum absolute atomic E-state index is 13.1. The van der Waals surface area contributed by atoms with Crippen LogP contribution in [0.3, 0.4) is 0 Å². The smallest absolute Gasteiger partial charge is 0.262 e. The molecule has 2 N–H and O–H groups in total. The summed E-state index contributed by atoms with van der Waals surface area (Å²) in [4.78, 5) is 13.0. The van der Waals surface area contributed by atoms with Gasteiger partial charge in [0.2, 0.25) is 0 Å². The van der Waals surface area contributed by atoms with E-state index in [0.29, 0.717) is 16.8 Å². The minimum Gasteiger partial charge on any atom is -0.346 e. The van der Waals surface area contributed by atoms with Crippen molar-refractivity contribution >= 4 is 21.6 Å². The van der Waals surface area contributed by atoms with Crippen LogP contribution >= 0.6 is 0 Å². The Morgan fingerprint density at radius 2 is 1.53 bits per heavy atom. The van der Waals surface area contributed by atoms with E-state index in [1.54, 1.807) is 31.2 Å². The number of amides is 1. The van der Waals surface area contributed by atoms with Crippen molar-refractivity contribution in [2.75, 3.05) is 4.72 Å². The lowest BCUT2D eigenvalue weighted by molar-refractivity contribution is 0.0939. The molecular formula is C26H30N2O3S. The molecule has 1 amide bonds. The first-order valence-corrected chi connectivity index (χ1v) is 12.2. The highest BCUT2D eigenvalue weighted by atomic mass is 32.2. The molecule has 3 rings (SSSR count). The molecule has 3 aromatic rings. The molecule has 0 spiro atoms. The number of carbonyl (C=O) groups is 1. The number of rotatable bonds is 7. The summed E-state index contributed by atoms with van der Waals surface area (Å²) in [6.45, 7) is 9.55. The Bertz CT molecular complexity index is 1210. The maximum Gasteiger partial charge on any atom is 0.262 e. The largest absolute Gasteiger partial charge is 0.346 e. The van der Waals surface area contributed by atoms with Crippen molar-refractivity contribution in [1.82, 2.24) is 5.32 Å². The summed E-state index contributed by atoms with van der Waals surface area (Å²) in [5.41, 5.74) is 5.53. The predicted octanol–water partition coefficient (Wildman–Crippen LogP) is 5.47. The molecule has 0 aliphatic rings. The highest BCUT2D eigenvalue weighted by Crippen LogP contribution is 2.23. The average Bonchev–Trinajstić information content (AvgIpc) is 2.72. The fourth-order valence-electron chi connectivity index (χ4n) is 3.68. The van der Waals surface area contributed by atoms with Gasteiger partial charge in [0.25, 0.3) is 15.9 Å². The fourth-order valence-corrected chi connectivity index (χ4v) is 4.99. The van der Waals surface area contributed by atoms with Crippen LogP contribution in [0, 0.1) is 20.8 Å².